The van der Waals surface area contributed by atoms with Crippen LogP contribution in [0, 0.1) is 40.2 Å². The highest BCUT2D eigenvalue weighted by Gasteiger charge is 2.62. The van der Waals surface area contributed by atoms with Gasteiger partial charge in [0.1, 0.15) is 23.5 Å². The van der Waals surface area contributed by atoms with Crippen molar-refractivity contribution < 1.29 is 36.2 Å². The summed E-state index contributed by atoms with van der Waals surface area (Å²) in [5.74, 6) is -4.02. The van der Waals surface area contributed by atoms with Crippen molar-refractivity contribution in [2.45, 2.75) is 32.7 Å². The zero-order chi connectivity index (χ0) is 25.3. The number of hydrogen-bond acceptors (Lipinski definition) is 4. The predicted octanol–water partition coefficient (Wildman–Crippen LogP) is 6.61. The van der Waals surface area contributed by atoms with Crippen LogP contribution in [0.2, 0.25) is 0 Å². The lowest BCUT2D eigenvalue weighted by molar-refractivity contribution is -0.149. The number of nitrogens with zero attached hydrogens (tertiary/aromatic N) is 1. The number of hydrogen-bond donors (Lipinski definition) is 0. The van der Waals surface area contributed by atoms with E-state index in [0.29, 0.717) is 5.56 Å². The Labute approximate surface area is 197 Å². The molecule has 1 aliphatic rings. The van der Waals surface area contributed by atoms with Crippen LogP contribution in [0.3, 0.4) is 0 Å². The molecule has 1 saturated carbocycles. The molecule has 180 valence electrons. The molecule has 0 bridgehead atoms. The van der Waals surface area contributed by atoms with Crippen LogP contribution in [0.4, 0.5) is 22.0 Å². The van der Waals surface area contributed by atoms with E-state index in [1.54, 1.807) is 19.9 Å². The van der Waals surface area contributed by atoms with Crippen LogP contribution >= 0.6 is 11.6 Å². The molecule has 3 rings (SSSR count). The zero-order valence-electron chi connectivity index (χ0n) is 18.0. The highest BCUT2D eigenvalue weighted by Crippen LogP contribution is 2.60. The van der Waals surface area contributed by atoms with E-state index in [9.17, 15) is 32.0 Å². The number of allylic oxidation sites excluding steroid dienone is 2. The van der Waals surface area contributed by atoms with E-state index in [0.717, 1.165) is 12.1 Å². The van der Waals surface area contributed by atoms with E-state index in [2.05, 4.69) is 0 Å². The van der Waals surface area contributed by atoms with Gasteiger partial charge in [-0.25, -0.2) is 8.78 Å². The van der Waals surface area contributed by atoms with Crippen LogP contribution in [0.1, 0.15) is 31.1 Å². The van der Waals surface area contributed by atoms with E-state index in [4.69, 9.17) is 21.1 Å². The van der Waals surface area contributed by atoms with Gasteiger partial charge in [0.2, 0.25) is 6.10 Å². The minimum Gasteiger partial charge on any atom is -0.486 e. The van der Waals surface area contributed by atoms with Gasteiger partial charge in [-0.2, -0.15) is 18.4 Å². The van der Waals surface area contributed by atoms with Crippen molar-refractivity contribution in [3.63, 3.8) is 0 Å². The Morgan fingerprint density at radius 2 is 1.85 bits per heavy atom. The zero-order valence-corrected chi connectivity index (χ0v) is 18.8. The third kappa shape index (κ3) is 5.68. The van der Waals surface area contributed by atoms with Crippen LogP contribution in [0.25, 0.3) is 0 Å². The Balaban J connectivity index is 1.72. The number of benzene rings is 2. The molecule has 0 amide bonds. The monoisotopic (exact) mass is 499 g/mol. The lowest BCUT2D eigenvalue weighted by Gasteiger charge is -2.14. The Bertz CT molecular complexity index is 1140. The van der Waals surface area contributed by atoms with E-state index < -0.39 is 52.2 Å². The van der Waals surface area contributed by atoms with E-state index in [-0.39, 0.29) is 17.9 Å². The minimum absolute atomic E-state index is 0.0814. The molecular weight excluding hydrogens is 481 g/mol. The van der Waals surface area contributed by atoms with Gasteiger partial charge in [-0.05, 0) is 41.2 Å². The normalized spacial score (nSPS) is 20.3. The first-order valence-corrected chi connectivity index (χ1v) is 10.4. The first-order chi connectivity index (χ1) is 15.8. The number of nitriles is 1. The second kappa shape index (κ2) is 9.63. The molecule has 1 fully saturated rings. The highest BCUT2D eigenvalue weighted by molar-refractivity contribution is 6.30. The second-order valence-electron chi connectivity index (χ2n) is 8.39. The fraction of sp³-hybridized carbons (Fsp3) is 0.333. The molecular formula is C24H19ClF5NO3. The third-order valence-corrected chi connectivity index (χ3v) is 6.02. The fourth-order valence-corrected chi connectivity index (χ4v) is 3.72. The molecule has 3 unspecified atom stereocenters. The number of rotatable bonds is 7. The Morgan fingerprint density at radius 3 is 2.44 bits per heavy atom. The largest absolute Gasteiger partial charge is 0.486 e. The van der Waals surface area contributed by atoms with Crippen molar-refractivity contribution in [2.24, 2.45) is 17.3 Å². The van der Waals surface area contributed by atoms with Gasteiger partial charge in [0.05, 0.1) is 5.92 Å². The van der Waals surface area contributed by atoms with Gasteiger partial charge >= 0.3 is 12.1 Å². The molecule has 2 aromatic carbocycles. The average Bonchev–Trinajstić information content (AvgIpc) is 3.31. The summed E-state index contributed by atoms with van der Waals surface area (Å²) in [7, 11) is 0. The standard InChI is InChI=1S/C24H19ClF5NO3/c1-23(2)16(10-20(25)24(28,29)30)21(23)22(32)34-19(11-31)14-5-8-17(27)18(9-14)33-12-13-3-6-15(26)7-4-13/h3-10,16,19,21H,12H2,1-2H3. The maximum atomic E-state index is 14.2. The van der Waals surface area contributed by atoms with Gasteiger partial charge < -0.3 is 9.47 Å². The van der Waals surface area contributed by atoms with Gasteiger partial charge in [-0.3, -0.25) is 4.79 Å². The fourth-order valence-electron chi connectivity index (χ4n) is 3.58. The first kappa shape index (κ1) is 25.5. The quantitative estimate of drug-likeness (QED) is 0.318. The van der Waals surface area contributed by atoms with Gasteiger partial charge in [-0.15, -0.1) is 0 Å². The summed E-state index contributed by atoms with van der Waals surface area (Å²) in [5.41, 5.74) is -0.165. The molecule has 2 aromatic rings. The van der Waals surface area contributed by atoms with Crippen molar-refractivity contribution >= 4 is 17.6 Å². The lowest BCUT2D eigenvalue weighted by atomic mass is 10.1. The van der Waals surface area contributed by atoms with Crippen molar-refractivity contribution in [1.29, 1.82) is 5.26 Å². The summed E-state index contributed by atoms with van der Waals surface area (Å²) in [6.45, 7) is 3.09. The summed E-state index contributed by atoms with van der Waals surface area (Å²) in [5, 5.41) is 8.16. The smallest absolute Gasteiger partial charge is 0.426 e. The molecule has 3 atom stereocenters. The number of carbonyl (C=O) groups excluding carboxylic acids is 1. The molecule has 10 heteroatoms. The van der Waals surface area contributed by atoms with Crippen LogP contribution in [0.15, 0.2) is 53.6 Å². The summed E-state index contributed by atoms with van der Waals surface area (Å²) < 4.78 is 76.1. The maximum absolute atomic E-state index is 14.2. The number of esters is 1. The van der Waals surface area contributed by atoms with Crippen molar-refractivity contribution in [2.75, 3.05) is 0 Å². The van der Waals surface area contributed by atoms with Gasteiger partial charge in [0.15, 0.2) is 11.6 Å². The van der Waals surface area contributed by atoms with Crippen molar-refractivity contribution in [1.82, 2.24) is 0 Å². The van der Waals surface area contributed by atoms with Gasteiger partial charge in [0.25, 0.3) is 0 Å². The molecule has 0 N–H and O–H groups in total. The van der Waals surface area contributed by atoms with Crippen LogP contribution in [-0.2, 0) is 16.1 Å². The van der Waals surface area contributed by atoms with Crippen molar-refractivity contribution in [3.05, 3.63) is 76.3 Å². The highest BCUT2D eigenvalue weighted by atomic mass is 35.5. The van der Waals surface area contributed by atoms with E-state index in [1.807, 2.05) is 0 Å². The summed E-state index contributed by atoms with van der Waals surface area (Å²) in [6.07, 6.45) is -5.41. The third-order valence-electron chi connectivity index (χ3n) is 5.68. The molecule has 0 heterocycles. The SMILES string of the molecule is CC1(C)C(C=C(Cl)C(F)(F)F)C1C(=O)OC(C#N)c1ccc(F)c(OCc2ccc(F)cc2)c1. The number of alkyl halides is 3. The lowest BCUT2D eigenvalue weighted by Crippen LogP contribution is -2.15. The molecule has 0 spiro atoms. The molecule has 4 nitrogen and oxygen atoms in total. The molecule has 0 saturated heterocycles. The number of halogens is 6. The van der Waals surface area contributed by atoms with Gasteiger partial charge in [0, 0.05) is 5.56 Å². The Hall–Kier alpha value is -3.12. The van der Waals surface area contributed by atoms with Gasteiger partial charge in [-0.1, -0.05) is 49.7 Å². The molecule has 1 aliphatic carbocycles. The average molecular weight is 500 g/mol. The predicted molar refractivity (Wildman–Crippen MR) is 112 cm³/mol. The topological polar surface area (TPSA) is 59.3 Å². The molecule has 0 radical (unpaired) electrons. The molecule has 0 aliphatic heterocycles. The summed E-state index contributed by atoms with van der Waals surface area (Å²) in [6, 6.07) is 10.6. The van der Waals surface area contributed by atoms with E-state index >= 15 is 0 Å². The Kier molecular flexibility index (Phi) is 7.22. The maximum Gasteiger partial charge on any atom is 0.426 e. The van der Waals surface area contributed by atoms with Crippen LogP contribution in [-0.4, -0.2) is 12.1 Å². The first-order valence-electron chi connectivity index (χ1n) is 10.1. The van der Waals surface area contributed by atoms with Crippen LogP contribution < -0.4 is 4.74 Å². The molecule has 0 aromatic heterocycles. The van der Waals surface area contributed by atoms with Crippen LogP contribution in [0.5, 0.6) is 5.75 Å². The Morgan fingerprint density at radius 1 is 1.21 bits per heavy atom. The molecule has 34 heavy (non-hydrogen) atoms. The van der Waals surface area contributed by atoms with Crippen molar-refractivity contribution in [3.8, 4) is 11.8 Å². The van der Waals surface area contributed by atoms with E-state index in [1.165, 1.54) is 36.4 Å². The number of ether oxygens (including phenoxy) is 2. The summed E-state index contributed by atoms with van der Waals surface area (Å²) in [4.78, 5) is 12.6. The number of carbonyl (C=O) groups is 1. The second-order valence-corrected chi connectivity index (χ2v) is 8.80. The minimum atomic E-state index is -4.73. The summed E-state index contributed by atoms with van der Waals surface area (Å²) >= 11 is 5.30.